The lowest BCUT2D eigenvalue weighted by Crippen LogP contribution is -2.28. The van der Waals surface area contributed by atoms with E-state index < -0.39 is 10.0 Å². The second-order valence-corrected chi connectivity index (χ2v) is 8.42. The van der Waals surface area contributed by atoms with Crippen LogP contribution in [0.4, 0.5) is 5.82 Å². The Morgan fingerprint density at radius 1 is 1.12 bits per heavy atom. The van der Waals surface area contributed by atoms with Gasteiger partial charge in [0.05, 0.1) is 17.3 Å². The van der Waals surface area contributed by atoms with E-state index in [1.54, 1.807) is 12.1 Å². The minimum absolute atomic E-state index is 0.0597. The molecule has 140 valence electrons. The lowest BCUT2D eigenvalue weighted by molar-refractivity contribution is 0.0949. The number of hydrogen-bond acceptors (Lipinski definition) is 6. The van der Waals surface area contributed by atoms with Crippen molar-refractivity contribution in [2.75, 3.05) is 11.9 Å². The number of hydrogen-bond donors (Lipinski definition) is 3. The predicted octanol–water partition coefficient (Wildman–Crippen LogP) is 1.31. The van der Waals surface area contributed by atoms with Crippen LogP contribution in [-0.4, -0.2) is 36.4 Å². The molecule has 2 rings (SSSR count). The second-order valence-electron chi connectivity index (χ2n) is 6.86. The number of carbonyl (C=O) groups is 1. The molecular weight excluding hydrogens is 354 g/mol. The van der Waals surface area contributed by atoms with Crippen LogP contribution in [0.25, 0.3) is 0 Å². The Morgan fingerprint density at radius 2 is 1.77 bits per heavy atom. The Kier molecular flexibility index (Phi) is 5.94. The molecule has 0 fully saturated rings. The standard InChI is InChI=1S/C17H23N5O3S/c1-17(2,3)22-15-11-20-14(10-21-15)16(23)19-9-8-12-4-6-13(7-5-12)26(18,24)25/h4-7,10-11H,8-9H2,1-3H3,(H,19,23)(H,21,22)(H2,18,24,25). The topological polar surface area (TPSA) is 127 Å². The molecule has 2 aromatic rings. The largest absolute Gasteiger partial charge is 0.364 e. The summed E-state index contributed by atoms with van der Waals surface area (Å²) in [5.74, 6) is 0.282. The van der Waals surface area contributed by atoms with Crippen LogP contribution in [-0.2, 0) is 16.4 Å². The van der Waals surface area contributed by atoms with Crippen molar-refractivity contribution in [1.29, 1.82) is 0 Å². The highest BCUT2D eigenvalue weighted by atomic mass is 32.2. The average Bonchev–Trinajstić information content (AvgIpc) is 2.53. The second kappa shape index (κ2) is 7.79. The quantitative estimate of drug-likeness (QED) is 0.696. The normalized spacial score (nSPS) is 11.8. The fraction of sp³-hybridized carbons (Fsp3) is 0.353. The molecule has 4 N–H and O–H groups in total. The Balaban J connectivity index is 1.87. The number of anilines is 1. The minimum Gasteiger partial charge on any atom is -0.364 e. The summed E-state index contributed by atoms with van der Waals surface area (Å²) >= 11 is 0. The average molecular weight is 377 g/mol. The molecule has 0 aliphatic carbocycles. The zero-order valence-electron chi connectivity index (χ0n) is 15.0. The van der Waals surface area contributed by atoms with Gasteiger partial charge in [0.1, 0.15) is 11.5 Å². The van der Waals surface area contributed by atoms with Crippen LogP contribution >= 0.6 is 0 Å². The van der Waals surface area contributed by atoms with Crippen molar-refractivity contribution >= 4 is 21.7 Å². The zero-order chi connectivity index (χ0) is 19.4. The van der Waals surface area contributed by atoms with Crippen molar-refractivity contribution in [2.45, 2.75) is 37.6 Å². The number of aromatic nitrogens is 2. The van der Waals surface area contributed by atoms with Gasteiger partial charge in [-0.15, -0.1) is 0 Å². The summed E-state index contributed by atoms with van der Waals surface area (Å²) in [7, 11) is -3.69. The van der Waals surface area contributed by atoms with Gasteiger partial charge >= 0.3 is 0 Å². The number of benzene rings is 1. The molecule has 0 bridgehead atoms. The number of amides is 1. The molecule has 0 saturated carbocycles. The Morgan fingerprint density at radius 3 is 2.27 bits per heavy atom. The van der Waals surface area contributed by atoms with Gasteiger partial charge in [0.15, 0.2) is 0 Å². The van der Waals surface area contributed by atoms with E-state index in [2.05, 4.69) is 20.6 Å². The molecule has 1 aromatic carbocycles. The highest BCUT2D eigenvalue weighted by molar-refractivity contribution is 7.89. The summed E-state index contributed by atoms with van der Waals surface area (Å²) < 4.78 is 22.4. The molecule has 0 aliphatic heterocycles. The fourth-order valence-corrected chi connectivity index (χ4v) is 2.67. The fourth-order valence-electron chi connectivity index (χ4n) is 2.15. The molecule has 0 saturated heterocycles. The lowest BCUT2D eigenvalue weighted by Gasteiger charge is -2.20. The van der Waals surface area contributed by atoms with E-state index in [0.29, 0.717) is 18.8 Å². The molecule has 1 amide bonds. The number of carbonyl (C=O) groups excluding carboxylic acids is 1. The van der Waals surface area contributed by atoms with Gasteiger partial charge in [-0.25, -0.2) is 23.5 Å². The van der Waals surface area contributed by atoms with Crippen molar-refractivity contribution in [3.8, 4) is 0 Å². The van der Waals surface area contributed by atoms with Crippen molar-refractivity contribution in [3.63, 3.8) is 0 Å². The first-order valence-corrected chi connectivity index (χ1v) is 9.59. The maximum Gasteiger partial charge on any atom is 0.271 e. The SMILES string of the molecule is CC(C)(C)Nc1cnc(C(=O)NCCc2ccc(S(N)(=O)=O)cc2)cn1. The van der Waals surface area contributed by atoms with E-state index in [1.807, 2.05) is 20.8 Å². The molecule has 0 unspecified atom stereocenters. The molecule has 0 aliphatic rings. The first-order chi connectivity index (χ1) is 12.0. The van der Waals surface area contributed by atoms with Gasteiger partial charge in [-0.1, -0.05) is 12.1 Å². The summed E-state index contributed by atoms with van der Waals surface area (Å²) in [6, 6.07) is 6.22. The van der Waals surface area contributed by atoms with Gasteiger partial charge in [0.2, 0.25) is 10.0 Å². The molecule has 0 spiro atoms. The Labute approximate surface area is 153 Å². The van der Waals surface area contributed by atoms with E-state index in [-0.39, 0.29) is 22.0 Å². The van der Waals surface area contributed by atoms with E-state index >= 15 is 0 Å². The van der Waals surface area contributed by atoms with Crippen molar-refractivity contribution in [1.82, 2.24) is 15.3 Å². The highest BCUT2D eigenvalue weighted by Crippen LogP contribution is 2.11. The Bertz CT molecular complexity index is 857. The molecule has 8 nitrogen and oxygen atoms in total. The van der Waals surface area contributed by atoms with Crippen molar-refractivity contribution in [3.05, 3.63) is 47.9 Å². The summed E-state index contributed by atoms with van der Waals surface area (Å²) in [5.41, 5.74) is 0.972. The highest BCUT2D eigenvalue weighted by Gasteiger charge is 2.12. The first-order valence-electron chi connectivity index (χ1n) is 8.05. The number of rotatable bonds is 6. The summed E-state index contributed by atoms with van der Waals surface area (Å²) in [6.07, 6.45) is 3.49. The molecule has 9 heteroatoms. The molecular formula is C17H23N5O3S. The van der Waals surface area contributed by atoms with Gasteiger partial charge in [-0.05, 0) is 44.9 Å². The van der Waals surface area contributed by atoms with Crippen LogP contribution in [0.15, 0.2) is 41.6 Å². The van der Waals surface area contributed by atoms with E-state index in [4.69, 9.17) is 5.14 Å². The molecule has 1 aromatic heterocycles. The van der Waals surface area contributed by atoms with E-state index in [0.717, 1.165) is 5.56 Å². The third-order valence-electron chi connectivity index (χ3n) is 3.34. The summed E-state index contributed by atoms with van der Waals surface area (Å²) in [5, 5.41) is 11.0. The molecule has 0 radical (unpaired) electrons. The van der Waals surface area contributed by atoms with Crippen LogP contribution in [0.3, 0.4) is 0 Å². The lowest BCUT2D eigenvalue weighted by atomic mass is 10.1. The number of sulfonamides is 1. The van der Waals surface area contributed by atoms with Crippen LogP contribution in [0, 0.1) is 0 Å². The number of nitrogens with two attached hydrogens (primary N) is 1. The third kappa shape index (κ3) is 6.08. The smallest absolute Gasteiger partial charge is 0.271 e. The van der Waals surface area contributed by atoms with E-state index in [9.17, 15) is 13.2 Å². The van der Waals surface area contributed by atoms with Crippen LogP contribution in [0.1, 0.15) is 36.8 Å². The van der Waals surface area contributed by atoms with Crippen LogP contribution < -0.4 is 15.8 Å². The summed E-state index contributed by atoms with van der Waals surface area (Å²) in [6.45, 7) is 6.40. The number of primary sulfonamides is 1. The van der Waals surface area contributed by atoms with E-state index in [1.165, 1.54) is 24.5 Å². The molecule has 26 heavy (non-hydrogen) atoms. The van der Waals surface area contributed by atoms with Crippen molar-refractivity contribution in [2.24, 2.45) is 5.14 Å². The Hall–Kier alpha value is -2.52. The monoisotopic (exact) mass is 377 g/mol. The predicted molar refractivity (Wildman–Crippen MR) is 99.3 cm³/mol. The van der Waals surface area contributed by atoms with Gasteiger partial charge in [-0.2, -0.15) is 0 Å². The summed E-state index contributed by atoms with van der Waals surface area (Å²) in [4.78, 5) is 20.4. The van der Waals surface area contributed by atoms with Crippen LogP contribution in [0.5, 0.6) is 0 Å². The first kappa shape index (κ1) is 19.8. The number of nitrogens with one attached hydrogen (secondary N) is 2. The maximum atomic E-state index is 12.1. The van der Waals surface area contributed by atoms with Gasteiger partial charge in [0.25, 0.3) is 5.91 Å². The molecule has 1 heterocycles. The van der Waals surface area contributed by atoms with Gasteiger partial charge in [0, 0.05) is 12.1 Å². The van der Waals surface area contributed by atoms with Crippen molar-refractivity contribution < 1.29 is 13.2 Å². The molecule has 0 atom stereocenters. The van der Waals surface area contributed by atoms with Crippen LogP contribution in [0.2, 0.25) is 0 Å². The number of nitrogens with zero attached hydrogens (tertiary/aromatic N) is 2. The van der Waals surface area contributed by atoms with Gasteiger partial charge < -0.3 is 10.6 Å². The maximum absolute atomic E-state index is 12.1. The van der Waals surface area contributed by atoms with Gasteiger partial charge in [-0.3, -0.25) is 4.79 Å². The minimum atomic E-state index is -3.69. The third-order valence-corrected chi connectivity index (χ3v) is 4.27. The zero-order valence-corrected chi connectivity index (χ0v) is 15.8.